The molecule has 2 rings (SSSR count). The molecule has 0 saturated carbocycles. The molecule has 180 valence electrons. The summed E-state index contributed by atoms with van der Waals surface area (Å²) in [5.74, 6) is 4.17. The number of hydrogen-bond acceptors (Lipinski definition) is 10. The van der Waals surface area contributed by atoms with E-state index in [4.69, 9.17) is 19.4 Å². The van der Waals surface area contributed by atoms with Gasteiger partial charge in [0.15, 0.2) is 6.23 Å². The number of aromatic nitrogens is 2. The van der Waals surface area contributed by atoms with Gasteiger partial charge in [-0.1, -0.05) is 5.92 Å². The first kappa shape index (κ1) is 26.7. The van der Waals surface area contributed by atoms with Crippen molar-refractivity contribution < 1.29 is 60.6 Å². The van der Waals surface area contributed by atoms with Crippen LogP contribution in [0, 0.1) is 11.8 Å². The number of aliphatic hydroxyl groups excluding tert-OH is 1. The molecule has 0 radical (unpaired) electrons. The molecule has 6 N–H and O–H groups in total. The van der Waals surface area contributed by atoms with Crippen LogP contribution in [-0.4, -0.2) is 58.7 Å². The number of hydrogen-bond donors (Lipinski definition) is 6. The third kappa shape index (κ3) is 6.52. The summed E-state index contributed by atoms with van der Waals surface area (Å²) >= 11 is 0. The molecule has 16 nitrogen and oxygen atoms in total. The molecular formula is C12H16FN2O14P3. The summed E-state index contributed by atoms with van der Waals surface area (Å²) < 4.78 is 66.3. The lowest BCUT2D eigenvalue weighted by atomic mass is 9.96. The van der Waals surface area contributed by atoms with Crippen LogP contribution in [0.15, 0.2) is 21.9 Å². The van der Waals surface area contributed by atoms with Crippen LogP contribution in [0.25, 0.3) is 0 Å². The monoisotopic (exact) mass is 524 g/mol. The van der Waals surface area contributed by atoms with Gasteiger partial charge in [0, 0.05) is 12.3 Å². The molecule has 1 saturated heterocycles. The van der Waals surface area contributed by atoms with Crippen LogP contribution >= 0.6 is 23.5 Å². The number of aliphatic hydroxyl groups is 1. The Morgan fingerprint density at radius 3 is 2.38 bits per heavy atom. The lowest BCUT2D eigenvalue weighted by Gasteiger charge is -2.23. The molecule has 0 amide bonds. The predicted molar refractivity (Wildman–Crippen MR) is 98.3 cm³/mol. The van der Waals surface area contributed by atoms with Crippen molar-refractivity contribution >= 4 is 23.5 Å². The van der Waals surface area contributed by atoms with Gasteiger partial charge in [-0.25, -0.2) is 22.9 Å². The third-order valence-electron chi connectivity index (χ3n) is 3.68. The highest BCUT2D eigenvalue weighted by Crippen LogP contribution is 2.66. The fourth-order valence-corrected chi connectivity index (χ4v) is 5.59. The number of ether oxygens (including phenoxy) is 1. The minimum absolute atomic E-state index is 0.541. The molecule has 1 aliphatic heterocycles. The van der Waals surface area contributed by atoms with Gasteiger partial charge < -0.3 is 29.4 Å². The molecule has 0 bridgehead atoms. The maximum absolute atomic E-state index is 15.5. The number of alkyl halides is 1. The highest BCUT2D eigenvalue weighted by Gasteiger charge is 2.58. The molecule has 0 spiro atoms. The highest BCUT2D eigenvalue weighted by atomic mass is 31.3. The number of halogens is 1. The molecule has 2 heterocycles. The Balaban J connectivity index is 2.24. The van der Waals surface area contributed by atoms with E-state index in [1.54, 1.807) is 0 Å². The summed E-state index contributed by atoms with van der Waals surface area (Å²) in [5.41, 5.74) is -4.94. The van der Waals surface area contributed by atoms with Gasteiger partial charge in [-0.05, 0) is 6.92 Å². The van der Waals surface area contributed by atoms with Gasteiger partial charge in [0.05, 0.1) is 6.61 Å². The lowest BCUT2D eigenvalue weighted by molar-refractivity contribution is -0.0535. The van der Waals surface area contributed by atoms with E-state index in [1.165, 1.54) is 6.92 Å². The van der Waals surface area contributed by atoms with E-state index in [0.29, 0.717) is 4.57 Å². The van der Waals surface area contributed by atoms with Crippen LogP contribution in [0.4, 0.5) is 4.39 Å². The van der Waals surface area contributed by atoms with Crippen LogP contribution in [-0.2, 0) is 31.6 Å². The first-order chi connectivity index (χ1) is 14.5. The van der Waals surface area contributed by atoms with Crippen molar-refractivity contribution in [1.82, 2.24) is 9.55 Å². The normalized spacial score (nSPS) is 29.5. The first-order valence-electron chi connectivity index (χ1n) is 8.06. The molecule has 1 fully saturated rings. The quantitative estimate of drug-likeness (QED) is 0.174. The molecule has 32 heavy (non-hydrogen) atoms. The minimum Gasteiger partial charge on any atom is -0.386 e. The van der Waals surface area contributed by atoms with E-state index in [9.17, 15) is 33.3 Å². The van der Waals surface area contributed by atoms with Crippen molar-refractivity contribution in [3.63, 3.8) is 0 Å². The Labute approximate surface area is 177 Å². The summed E-state index contributed by atoms with van der Waals surface area (Å²) in [4.78, 5) is 60.6. The van der Waals surface area contributed by atoms with Gasteiger partial charge in [-0.2, -0.15) is 8.62 Å². The van der Waals surface area contributed by atoms with E-state index in [0.717, 1.165) is 12.3 Å². The highest BCUT2D eigenvalue weighted by molar-refractivity contribution is 7.66. The average Bonchev–Trinajstić information content (AvgIpc) is 2.82. The molecule has 1 aromatic rings. The summed E-state index contributed by atoms with van der Waals surface area (Å²) in [6.07, 6.45) is -5.17. The van der Waals surface area contributed by atoms with Crippen LogP contribution in [0.3, 0.4) is 0 Å². The van der Waals surface area contributed by atoms with Crippen molar-refractivity contribution in [3.05, 3.63) is 33.1 Å². The zero-order valence-electron chi connectivity index (χ0n) is 15.7. The summed E-state index contributed by atoms with van der Waals surface area (Å²) in [6.45, 7) is -0.00331. The van der Waals surface area contributed by atoms with Crippen LogP contribution < -0.4 is 11.2 Å². The minimum atomic E-state index is -5.80. The molecular weight excluding hydrogens is 508 g/mol. The topological polar surface area (TPSA) is 244 Å². The molecule has 20 heteroatoms. The standard InChI is InChI=1S/C12H16FN2O14P3/c1-2-4-12(13)9(17)7(27-10(12)15-5-3-8(16)14-11(15)18)6-26-31(22,23)29-32(24,25)28-30(19,20)21/h3,5,7,9-10,17H,6H2,1H3,(H,22,23)(H,24,25)(H,14,16,18)(H2,19,20,21)/t7-,9-,10-,12-/m1/s1. The fraction of sp³-hybridized carbons (Fsp3) is 0.500. The van der Waals surface area contributed by atoms with E-state index in [1.807, 2.05) is 10.9 Å². The number of phosphoric ester groups is 1. The smallest absolute Gasteiger partial charge is 0.386 e. The molecule has 6 atom stereocenters. The largest absolute Gasteiger partial charge is 0.490 e. The second-order valence-corrected chi connectivity index (χ2v) is 10.4. The maximum Gasteiger partial charge on any atom is 0.490 e. The number of nitrogens with zero attached hydrogens (tertiary/aromatic N) is 1. The Morgan fingerprint density at radius 1 is 1.22 bits per heavy atom. The van der Waals surface area contributed by atoms with E-state index in [2.05, 4.69) is 19.1 Å². The van der Waals surface area contributed by atoms with Crippen LogP contribution in [0.1, 0.15) is 13.2 Å². The molecule has 0 aliphatic carbocycles. The summed E-state index contributed by atoms with van der Waals surface area (Å²) in [6, 6.07) is 0.844. The molecule has 1 aromatic heterocycles. The summed E-state index contributed by atoms with van der Waals surface area (Å²) in [7, 11) is -17.0. The van der Waals surface area contributed by atoms with Crippen molar-refractivity contribution in [2.75, 3.05) is 6.61 Å². The van der Waals surface area contributed by atoms with Gasteiger partial charge in [-0.3, -0.25) is 18.9 Å². The van der Waals surface area contributed by atoms with E-state index < -0.39 is 65.4 Å². The van der Waals surface area contributed by atoms with E-state index >= 15 is 4.39 Å². The van der Waals surface area contributed by atoms with Gasteiger partial charge in [0.1, 0.15) is 12.2 Å². The van der Waals surface area contributed by atoms with Crippen LogP contribution in [0.2, 0.25) is 0 Å². The number of aromatic amines is 1. The Kier molecular flexibility index (Phi) is 7.85. The third-order valence-corrected chi connectivity index (χ3v) is 7.49. The second kappa shape index (κ2) is 9.40. The fourth-order valence-electron chi connectivity index (χ4n) is 2.56. The first-order valence-corrected chi connectivity index (χ1v) is 12.6. The predicted octanol–water partition coefficient (Wildman–Crippen LogP) is -1.13. The van der Waals surface area contributed by atoms with Crippen LogP contribution in [0.5, 0.6) is 0 Å². The zero-order chi connectivity index (χ0) is 24.5. The maximum atomic E-state index is 15.5. The summed E-state index contributed by atoms with van der Waals surface area (Å²) in [5, 5.41) is 10.3. The molecule has 0 aromatic carbocycles. The van der Waals surface area contributed by atoms with E-state index in [-0.39, 0.29) is 0 Å². The van der Waals surface area contributed by atoms with Gasteiger partial charge >= 0.3 is 29.2 Å². The SMILES string of the molecule is CC#C[C@@]1(F)[C@H](O)[C@@H](COP(=O)(O)OP(=O)(O)OP(=O)(O)O)O[C@H]1n1ccc(=O)[nH]c1=O. The molecule has 2 unspecified atom stereocenters. The number of phosphoric acid groups is 3. The van der Waals surface area contributed by atoms with Crippen molar-refractivity contribution in [1.29, 1.82) is 0 Å². The second-order valence-electron chi connectivity index (χ2n) is 6.02. The molecule has 1 aliphatic rings. The Hall–Kier alpha value is -1.50. The van der Waals surface area contributed by atoms with Crippen molar-refractivity contribution in [2.45, 2.75) is 31.0 Å². The number of H-pyrrole nitrogens is 1. The van der Waals surface area contributed by atoms with Gasteiger partial charge in [0.2, 0.25) is 5.67 Å². The Bertz CT molecular complexity index is 1180. The Morgan fingerprint density at radius 2 is 1.84 bits per heavy atom. The van der Waals surface area contributed by atoms with Crippen molar-refractivity contribution in [3.8, 4) is 11.8 Å². The van der Waals surface area contributed by atoms with Crippen molar-refractivity contribution in [2.24, 2.45) is 0 Å². The van der Waals surface area contributed by atoms with Gasteiger partial charge in [-0.15, -0.1) is 5.92 Å². The zero-order valence-corrected chi connectivity index (χ0v) is 18.4. The number of rotatable bonds is 8. The number of nitrogens with one attached hydrogen (secondary N) is 1. The lowest BCUT2D eigenvalue weighted by Crippen LogP contribution is -2.45. The average molecular weight is 524 g/mol. The van der Waals surface area contributed by atoms with Gasteiger partial charge in [0.25, 0.3) is 5.56 Å².